The second-order valence-corrected chi connectivity index (χ2v) is 6.16. The lowest BCUT2D eigenvalue weighted by molar-refractivity contribution is 0.0475. The summed E-state index contributed by atoms with van der Waals surface area (Å²) in [6.07, 6.45) is 5.55. The van der Waals surface area contributed by atoms with Crippen LogP contribution in [-0.2, 0) is 6.42 Å². The van der Waals surface area contributed by atoms with E-state index >= 15 is 0 Å². The van der Waals surface area contributed by atoms with Gasteiger partial charge in [-0.15, -0.1) is 0 Å². The van der Waals surface area contributed by atoms with Gasteiger partial charge >= 0.3 is 0 Å². The molecule has 1 aliphatic carbocycles. The van der Waals surface area contributed by atoms with Crippen LogP contribution in [0.15, 0.2) is 28.7 Å². The molecule has 0 bridgehead atoms. The molecule has 0 heterocycles. The average Bonchev–Trinajstić information content (AvgIpc) is 2.35. The molecule has 1 N–H and O–H groups in total. The van der Waals surface area contributed by atoms with Gasteiger partial charge in [0.25, 0.3) is 0 Å². The average molecular weight is 297 g/mol. The zero-order valence-corrected chi connectivity index (χ0v) is 12.0. The molecule has 0 radical (unpaired) electrons. The SMILES string of the molecule is CCC1CCC(O)C(Cc2ccc(Br)cc2)C1. The van der Waals surface area contributed by atoms with Gasteiger partial charge in [0.2, 0.25) is 0 Å². The van der Waals surface area contributed by atoms with Crippen LogP contribution in [0.1, 0.15) is 38.2 Å². The zero-order chi connectivity index (χ0) is 12.3. The van der Waals surface area contributed by atoms with Crippen molar-refractivity contribution in [2.24, 2.45) is 11.8 Å². The predicted molar refractivity (Wildman–Crippen MR) is 75.0 cm³/mol. The molecule has 1 nitrogen and oxygen atoms in total. The molecule has 1 saturated carbocycles. The Bertz CT molecular complexity index is 346. The highest BCUT2D eigenvalue weighted by Gasteiger charge is 2.28. The maximum Gasteiger partial charge on any atom is 0.0571 e. The second-order valence-electron chi connectivity index (χ2n) is 5.25. The number of halogens is 1. The Kier molecular flexibility index (Phi) is 4.63. The Balaban J connectivity index is 1.98. The summed E-state index contributed by atoms with van der Waals surface area (Å²) in [5.41, 5.74) is 1.34. The molecule has 0 aliphatic heterocycles. The van der Waals surface area contributed by atoms with Crippen LogP contribution in [0.3, 0.4) is 0 Å². The van der Waals surface area contributed by atoms with E-state index in [1.165, 1.54) is 24.8 Å². The molecule has 2 rings (SSSR count). The van der Waals surface area contributed by atoms with Crippen LogP contribution in [0.2, 0.25) is 0 Å². The van der Waals surface area contributed by atoms with E-state index in [1.807, 2.05) is 0 Å². The van der Waals surface area contributed by atoms with E-state index in [2.05, 4.69) is 47.1 Å². The van der Waals surface area contributed by atoms with Crippen molar-refractivity contribution in [3.63, 3.8) is 0 Å². The van der Waals surface area contributed by atoms with Crippen molar-refractivity contribution in [1.82, 2.24) is 0 Å². The van der Waals surface area contributed by atoms with Gasteiger partial charge in [0.1, 0.15) is 0 Å². The first-order valence-electron chi connectivity index (χ1n) is 6.61. The molecular weight excluding hydrogens is 276 g/mol. The van der Waals surface area contributed by atoms with Crippen LogP contribution in [0.5, 0.6) is 0 Å². The largest absolute Gasteiger partial charge is 0.393 e. The minimum absolute atomic E-state index is 0.0959. The molecule has 1 aromatic rings. The molecule has 94 valence electrons. The lowest BCUT2D eigenvalue weighted by Gasteiger charge is -2.33. The Morgan fingerprint density at radius 3 is 2.59 bits per heavy atom. The number of hydrogen-bond donors (Lipinski definition) is 1. The van der Waals surface area contributed by atoms with E-state index in [0.717, 1.165) is 23.2 Å². The van der Waals surface area contributed by atoms with E-state index in [1.54, 1.807) is 0 Å². The summed E-state index contributed by atoms with van der Waals surface area (Å²) in [7, 11) is 0. The number of benzene rings is 1. The smallest absolute Gasteiger partial charge is 0.0571 e. The van der Waals surface area contributed by atoms with Gasteiger partial charge in [0.15, 0.2) is 0 Å². The third kappa shape index (κ3) is 3.56. The fraction of sp³-hybridized carbons (Fsp3) is 0.600. The quantitative estimate of drug-likeness (QED) is 0.887. The van der Waals surface area contributed by atoms with E-state index in [4.69, 9.17) is 0 Å². The van der Waals surface area contributed by atoms with Crippen molar-refractivity contribution in [1.29, 1.82) is 0 Å². The predicted octanol–water partition coefficient (Wildman–Crippen LogP) is 4.18. The zero-order valence-electron chi connectivity index (χ0n) is 10.4. The molecule has 0 spiro atoms. The van der Waals surface area contributed by atoms with Crippen molar-refractivity contribution >= 4 is 15.9 Å². The number of aliphatic hydroxyl groups excluding tert-OH is 1. The van der Waals surface area contributed by atoms with Gasteiger partial charge in [-0.25, -0.2) is 0 Å². The molecule has 0 saturated heterocycles. The molecule has 0 aromatic heterocycles. The number of rotatable bonds is 3. The molecule has 1 fully saturated rings. The Morgan fingerprint density at radius 2 is 1.94 bits per heavy atom. The van der Waals surface area contributed by atoms with E-state index in [0.29, 0.717) is 5.92 Å². The maximum atomic E-state index is 10.1. The first-order chi connectivity index (χ1) is 8.19. The topological polar surface area (TPSA) is 20.2 Å². The van der Waals surface area contributed by atoms with Crippen molar-refractivity contribution in [2.75, 3.05) is 0 Å². The summed E-state index contributed by atoms with van der Waals surface area (Å²) in [5.74, 6) is 1.27. The summed E-state index contributed by atoms with van der Waals surface area (Å²) in [6.45, 7) is 2.26. The van der Waals surface area contributed by atoms with Crippen molar-refractivity contribution in [3.8, 4) is 0 Å². The minimum Gasteiger partial charge on any atom is -0.393 e. The first-order valence-corrected chi connectivity index (χ1v) is 7.41. The van der Waals surface area contributed by atoms with Crippen molar-refractivity contribution in [2.45, 2.75) is 45.1 Å². The van der Waals surface area contributed by atoms with Gasteiger partial charge in [-0.1, -0.05) is 41.4 Å². The molecule has 17 heavy (non-hydrogen) atoms. The molecule has 3 atom stereocenters. The Morgan fingerprint density at radius 1 is 1.24 bits per heavy atom. The second kappa shape index (κ2) is 6.01. The molecule has 0 amide bonds. The number of hydrogen-bond acceptors (Lipinski definition) is 1. The van der Waals surface area contributed by atoms with Crippen LogP contribution >= 0.6 is 15.9 Å². The molecule has 3 unspecified atom stereocenters. The fourth-order valence-corrected chi connectivity index (χ4v) is 3.12. The summed E-state index contributed by atoms with van der Waals surface area (Å²) in [5, 5.41) is 10.1. The van der Waals surface area contributed by atoms with E-state index < -0.39 is 0 Å². The van der Waals surface area contributed by atoms with Crippen LogP contribution < -0.4 is 0 Å². The summed E-state index contributed by atoms with van der Waals surface area (Å²) in [6, 6.07) is 8.49. The van der Waals surface area contributed by atoms with Crippen LogP contribution in [-0.4, -0.2) is 11.2 Å². The summed E-state index contributed by atoms with van der Waals surface area (Å²) >= 11 is 3.45. The van der Waals surface area contributed by atoms with Crippen LogP contribution in [0.4, 0.5) is 0 Å². The first kappa shape index (κ1) is 13.1. The van der Waals surface area contributed by atoms with Gasteiger partial charge < -0.3 is 5.11 Å². The van der Waals surface area contributed by atoms with E-state index in [9.17, 15) is 5.11 Å². The van der Waals surface area contributed by atoms with Gasteiger partial charge in [-0.3, -0.25) is 0 Å². The summed E-state index contributed by atoms with van der Waals surface area (Å²) < 4.78 is 1.12. The Labute approximate surface area is 112 Å². The lowest BCUT2D eigenvalue weighted by Crippen LogP contribution is -2.30. The van der Waals surface area contributed by atoms with Crippen LogP contribution in [0, 0.1) is 11.8 Å². The highest BCUT2D eigenvalue weighted by Crippen LogP contribution is 2.33. The monoisotopic (exact) mass is 296 g/mol. The van der Waals surface area contributed by atoms with Crippen molar-refractivity contribution < 1.29 is 5.11 Å². The highest BCUT2D eigenvalue weighted by atomic mass is 79.9. The maximum absolute atomic E-state index is 10.1. The minimum atomic E-state index is -0.0959. The normalized spacial score (nSPS) is 29.2. The third-order valence-electron chi connectivity index (χ3n) is 4.04. The van der Waals surface area contributed by atoms with Crippen molar-refractivity contribution in [3.05, 3.63) is 34.3 Å². The fourth-order valence-electron chi connectivity index (χ4n) is 2.86. The molecule has 1 aliphatic rings. The standard InChI is InChI=1S/C15H21BrO/c1-2-11-5-8-15(17)13(9-11)10-12-3-6-14(16)7-4-12/h3-4,6-7,11,13,15,17H,2,5,8-10H2,1H3. The lowest BCUT2D eigenvalue weighted by atomic mass is 9.76. The third-order valence-corrected chi connectivity index (χ3v) is 4.57. The highest BCUT2D eigenvalue weighted by molar-refractivity contribution is 9.10. The molecular formula is C15H21BrO. The van der Waals surface area contributed by atoms with Crippen LogP contribution in [0.25, 0.3) is 0 Å². The Hall–Kier alpha value is -0.340. The van der Waals surface area contributed by atoms with Gasteiger partial charge in [0, 0.05) is 4.47 Å². The molecule has 2 heteroatoms. The van der Waals surface area contributed by atoms with Gasteiger partial charge in [-0.2, -0.15) is 0 Å². The van der Waals surface area contributed by atoms with Gasteiger partial charge in [0.05, 0.1) is 6.10 Å². The summed E-state index contributed by atoms with van der Waals surface area (Å²) in [4.78, 5) is 0. The molecule has 1 aromatic carbocycles. The number of aliphatic hydroxyl groups is 1. The van der Waals surface area contributed by atoms with E-state index in [-0.39, 0.29) is 6.10 Å². The van der Waals surface area contributed by atoms with Gasteiger partial charge in [-0.05, 0) is 55.2 Å².